The van der Waals surface area contributed by atoms with Gasteiger partial charge in [-0.05, 0) is 78.5 Å². The number of halogens is 2. The molecule has 1 saturated carbocycles. The fourth-order valence-corrected chi connectivity index (χ4v) is 8.07. The van der Waals surface area contributed by atoms with Gasteiger partial charge in [-0.2, -0.15) is 0 Å². The molecule has 4 aromatic rings. The molecule has 3 aromatic carbocycles. The van der Waals surface area contributed by atoms with Gasteiger partial charge in [-0.3, -0.25) is 4.79 Å². The third kappa shape index (κ3) is 7.01. The van der Waals surface area contributed by atoms with Crippen LogP contribution in [-0.2, 0) is 6.54 Å². The Labute approximate surface area is 272 Å². The molecule has 0 radical (unpaired) electrons. The maximum Gasteiger partial charge on any atom is 0.404 e. The molecule has 232 valence electrons. The van der Waals surface area contributed by atoms with Gasteiger partial charge in [0, 0.05) is 39.3 Å². The molecule has 44 heavy (non-hydrogen) atoms. The van der Waals surface area contributed by atoms with Crippen molar-refractivity contribution >= 4 is 56.6 Å². The molecule has 5 rings (SSSR count). The predicted octanol–water partition coefficient (Wildman–Crippen LogP) is 9.77. The summed E-state index contributed by atoms with van der Waals surface area (Å²) in [5, 5.41) is 14.3. The Morgan fingerprint density at radius 3 is 2.27 bits per heavy atom. The van der Waals surface area contributed by atoms with Crippen LogP contribution in [-0.4, -0.2) is 41.2 Å². The molecule has 2 amide bonds. The number of hydrogen-bond donors (Lipinski definition) is 2. The Kier molecular flexibility index (Phi) is 9.78. The van der Waals surface area contributed by atoms with Crippen LogP contribution in [0.5, 0.6) is 5.75 Å². The molecule has 1 aliphatic rings. The van der Waals surface area contributed by atoms with Crippen molar-refractivity contribution in [3.8, 4) is 16.9 Å². The van der Waals surface area contributed by atoms with Crippen LogP contribution in [0, 0.1) is 11.3 Å². The van der Waals surface area contributed by atoms with Crippen LogP contribution in [0.15, 0.2) is 66.7 Å². The number of carbonyl (C=O) groups is 2. The number of ether oxygens (including phenoxy) is 1. The number of methoxy groups -OCH3 is 1. The summed E-state index contributed by atoms with van der Waals surface area (Å²) in [4.78, 5) is 28.6. The van der Waals surface area contributed by atoms with Gasteiger partial charge >= 0.3 is 6.09 Å². The standard InChI is InChI=1S/C35H38Cl2N2O4S/c1-35(2,3)32(38-34(41)42)22-11-16-26(17-12-22)39(33(40)31-30(37)27-7-5-6-8-29(27)44-31)20-24-19-23(13-18-28(24)43-4)21-9-14-25(36)15-10-21/h5-10,13-15,18-19,22,26,32,38H,11-12,16-17,20H2,1-4H3,(H,41,42). The zero-order valence-electron chi connectivity index (χ0n) is 25.4. The zero-order valence-corrected chi connectivity index (χ0v) is 27.7. The van der Waals surface area contributed by atoms with Crippen LogP contribution in [0.2, 0.25) is 10.0 Å². The molecule has 1 atom stereocenters. The van der Waals surface area contributed by atoms with E-state index in [9.17, 15) is 14.7 Å². The molecule has 1 fully saturated rings. The first-order chi connectivity index (χ1) is 21.0. The predicted molar refractivity (Wildman–Crippen MR) is 180 cm³/mol. The van der Waals surface area contributed by atoms with E-state index in [1.165, 1.54) is 11.3 Å². The van der Waals surface area contributed by atoms with Crippen molar-refractivity contribution in [2.75, 3.05) is 7.11 Å². The SMILES string of the molecule is COc1ccc(-c2ccc(Cl)cc2)cc1CN(C(=O)c1sc2ccccc2c1Cl)C1CCC(C(NC(=O)O)C(C)(C)C)CC1. The molecule has 0 spiro atoms. The number of fused-ring (bicyclic) bond motifs is 1. The smallest absolute Gasteiger partial charge is 0.404 e. The van der Waals surface area contributed by atoms with E-state index in [0.29, 0.717) is 27.2 Å². The maximum absolute atomic E-state index is 14.5. The van der Waals surface area contributed by atoms with Gasteiger partial charge in [0.25, 0.3) is 5.91 Å². The third-order valence-corrected chi connectivity index (χ3v) is 10.6. The number of thiophene rings is 1. The first kappa shape index (κ1) is 32.1. The second-order valence-corrected chi connectivity index (χ2v) is 14.4. The van der Waals surface area contributed by atoms with Gasteiger partial charge < -0.3 is 20.1 Å². The second-order valence-electron chi connectivity index (χ2n) is 12.6. The monoisotopic (exact) mass is 652 g/mol. The highest BCUT2D eigenvalue weighted by atomic mass is 35.5. The number of nitrogens with zero attached hydrogens (tertiary/aromatic N) is 1. The highest BCUT2D eigenvalue weighted by Gasteiger charge is 2.38. The maximum atomic E-state index is 14.5. The lowest BCUT2D eigenvalue weighted by Gasteiger charge is -2.43. The molecule has 1 aromatic heterocycles. The second kappa shape index (κ2) is 13.4. The highest BCUT2D eigenvalue weighted by molar-refractivity contribution is 7.21. The molecule has 6 nitrogen and oxygen atoms in total. The molecule has 0 bridgehead atoms. The van der Waals surface area contributed by atoms with Gasteiger partial charge in [0.05, 0.1) is 12.1 Å². The summed E-state index contributed by atoms with van der Waals surface area (Å²) in [6.07, 6.45) is 2.12. The normalized spacial score (nSPS) is 17.7. The molecule has 0 saturated heterocycles. The number of hydrogen-bond acceptors (Lipinski definition) is 4. The van der Waals surface area contributed by atoms with Crippen LogP contribution >= 0.6 is 34.5 Å². The molecule has 2 N–H and O–H groups in total. The summed E-state index contributed by atoms with van der Waals surface area (Å²) in [5.41, 5.74) is 2.68. The zero-order chi connectivity index (χ0) is 31.6. The van der Waals surface area contributed by atoms with E-state index in [2.05, 4.69) is 32.2 Å². The number of carbonyl (C=O) groups excluding carboxylic acids is 1. The van der Waals surface area contributed by atoms with Crippen molar-refractivity contribution in [1.82, 2.24) is 10.2 Å². The lowest BCUT2D eigenvalue weighted by atomic mass is 9.72. The average Bonchev–Trinajstić information content (AvgIpc) is 3.34. The van der Waals surface area contributed by atoms with Gasteiger partial charge in [-0.15, -0.1) is 11.3 Å². The number of carboxylic acid groups (broad SMARTS) is 1. The van der Waals surface area contributed by atoms with Crippen molar-refractivity contribution < 1.29 is 19.4 Å². The fraction of sp³-hybridized carbons (Fsp3) is 0.371. The number of amides is 2. The number of rotatable bonds is 8. The van der Waals surface area contributed by atoms with Gasteiger partial charge in [0.2, 0.25) is 0 Å². The lowest BCUT2D eigenvalue weighted by Crippen LogP contribution is -2.50. The van der Waals surface area contributed by atoms with Gasteiger partial charge in [0.1, 0.15) is 10.6 Å². The highest BCUT2D eigenvalue weighted by Crippen LogP contribution is 2.41. The quantitative estimate of drug-likeness (QED) is 0.199. The Balaban J connectivity index is 1.49. The molecule has 9 heteroatoms. The molecule has 1 aliphatic carbocycles. The number of benzene rings is 3. The van der Waals surface area contributed by atoms with Crippen molar-refractivity contribution in [3.05, 3.63) is 87.2 Å². The van der Waals surface area contributed by atoms with Crippen molar-refractivity contribution in [3.63, 3.8) is 0 Å². The van der Waals surface area contributed by atoms with E-state index in [1.807, 2.05) is 65.6 Å². The van der Waals surface area contributed by atoms with Gasteiger partial charge in [0.15, 0.2) is 0 Å². The minimum atomic E-state index is -1.00. The minimum absolute atomic E-state index is 0.0469. The minimum Gasteiger partial charge on any atom is -0.496 e. The van der Waals surface area contributed by atoms with E-state index < -0.39 is 6.09 Å². The molecular formula is C35H38Cl2N2O4S. The molecular weight excluding hydrogens is 615 g/mol. The summed E-state index contributed by atoms with van der Waals surface area (Å²) in [7, 11) is 1.64. The summed E-state index contributed by atoms with van der Waals surface area (Å²) < 4.78 is 6.75. The Bertz CT molecular complexity index is 1640. The topological polar surface area (TPSA) is 78.9 Å². The van der Waals surface area contributed by atoms with E-state index >= 15 is 0 Å². The van der Waals surface area contributed by atoms with Crippen molar-refractivity contribution in [2.24, 2.45) is 11.3 Å². The van der Waals surface area contributed by atoms with E-state index in [-0.39, 0.29) is 29.3 Å². The average molecular weight is 654 g/mol. The molecule has 1 unspecified atom stereocenters. The summed E-state index contributed by atoms with van der Waals surface area (Å²) in [6, 6.07) is 21.3. The Morgan fingerprint density at radius 1 is 1.00 bits per heavy atom. The van der Waals surface area contributed by atoms with E-state index in [4.69, 9.17) is 27.9 Å². The lowest BCUT2D eigenvalue weighted by molar-refractivity contribution is 0.0543. The summed E-state index contributed by atoms with van der Waals surface area (Å²) in [5.74, 6) is 0.778. The number of nitrogens with one attached hydrogen (secondary N) is 1. The van der Waals surface area contributed by atoms with E-state index in [1.54, 1.807) is 7.11 Å². The van der Waals surface area contributed by atoms with Crippen LogP contribution in [0.1, 0.15) is 61.7 Å². The van der Waals surface area contributed by atoms with Crippen LogP contribution in [0.4, 0.5) is 4.79 Å². The Hall–Kier alpha value is -3.26. The van der Waals surface area contributed by atoms with Crippen LogP contribution in [0.25, 0.3) is 21.2 Å². The third-order valence-electron chi connectivity index (χ3n) is 8.65. The fourth-order valence-electron chi connectivity index (χ4n) is 6.48. The van der Waals surface area contributed by atoms with Gasteiger partial charge in [-0.25, -0.2) is 4.79 Å². The Morgan fingerprint density at radius 2 is 1.66 bits per heavy atom. The van der Waals surface area contributed by atoms with Crippen LogP contribution < -0.4 is 10.1 Å². The molecule has 1 heterocycles. The first-order valence-corrected chi connectivity index (χ1v) is 16.4. The first-order valence-electron chi connectivity index (χ1n) is 14.9. The van der Waals surface area contributed by atoms with Gasteiger partial charge in [-0.1, -0.05) is 80.4 Å². The van der Waals surface area contributed by atoms with Crippen LogP contribution in [0.3, 0.4) is 0 Å². The largest absolute Gasteiger partial charge is 0.496 e. The molecule has 0 aliphatic heterocycles. The van der Waals surface area contributed by atoms with E-state index in [0.717, 1.165) is 52.5 Å². The summed E-state index contributed by atoms with van der Waals surface area (Å²) in [6.45, 7) is 6.55. The van der Waals surface area contributed by atoms with Crippen molar-refractivity contribution in [1.29, 1.82) is 0 Å². The van der Waals surface area contributed by atoms with Crippen molar-refractivity contribution in [2.45, 2.75) is 65.1 Å². The summed E-state index contributed by atoms with van der Waals surface area (Å²) >= 11 is 14.4.